The molecule has 21 heavy (non-hydrogen) atoms. The third-order valence-electron chi connectivity index (χ3n) is 3.45. The highest BCUT2D eigenvalue weighted by molar-refractivity contribution is 8.05. The summed E-state index contributed by atoms with van der Waals surface area (Å²) in [6.45, 7) is 2.70. The van der Waals surface area contributed by atoms with Crippen molar-refractivity contribution >= 4 is 17.5 Å². The average Bonchev–Trinajstić information content (AvgIpc) is 2.82. The summed E-state index contributed by atoms with van der Waals surface area (Å²) in [5, 5.41) is 44.5. The van der Waals surface area contributed by atoms with Gasteiger partial charge in [0, 0.05) is 6.20 Å². The highest BCUT2D eigenvalue weighted by Gasteiger charge is 2.46. The Balaban J connectivity index is 2.04. The van der Waals surface area contributed by atoms with Crippen LogP contribution < -0.4 is 10.6 Å². The Hall–Kier alpha value is -0.680. The van der Waals surface area contributed by atoms with Crippen LogP contribution in [0.3, 0.4) is 0 Å². The molecule has 0 aliphatic carbocycles. The van der Waals surface area contributed by atoms with Crippen molar-refractivity contribution in [3.05, 3.63) is 11.1 Å². The van der Waals surface area contributed by atoms with Gasteiger partial charge in [0.05, 0.1) is 11.5 Å². The van der Waals surface area contributed by atoms with Crippen LogP contribution in [0.15, 0.2) is 11.1 Å². The Morgan fingerprint density at radius 3 is 2.62 bits per heavy atom. The highest BCUT2D eigenvalue weighted by Crippen LogP contribution is 2.34. The lowest BCUT2D eigenvalue weighted by Gasteiger charge is -2.43. The van der Waals surface area contributed by atoms with Gasteiger partial charge in [-0.25, -0.2) is 0 Å². The zero-order valence-corrected chi connectivity index (χ0v) is 12.5. The van der Waals surface area contributed by atoms with Gasteiger partial charge in [-0.3, -0.25) is 10.1 Å². The summed E-state index contributed by atoms with van der Waals surface area (Å²) in [4.78, 5) is 11.1. The van der Waals surface area contributed by atoms with E-state index in [1.165, 1.54) is 18.7 Å². The largest absolute Gasteiger partial charge is 0.394 e. The van der Waals surface area contributed by atoms with Gasteiger partial charge in [0.2, 0.25) is 0 Å². The van der Waals surface area contributed by atoms with Gasteiger partial charge in [0.25, 0.3) is 0 Å². The van der Waals surface area contributed by atoms with Gasteiger partial charge in [0.1, 0.15) is 35.6 Å². The molecule has 6 unspecified atom stereocenters. The van der Waals surface area contributed by atoms with Crippen molar-refractivity contribution in [3.8, 4) is 0 Å². The van der Waals surface area contributed by atoms with Gasteiger partial charge in [-0.15, -0.1) is 0 Å². The van der Waals surface area contributed by atoms with Crippen molar-refractivity contribution in [2.75, 3.05) is 6.61 Å². The molecule has 8 nitrogen and oxygen atoms in total. The molecular weight excluding hydrogens is 300 g/mol. The second kappa shape index (κ2) is 6.21. The Bertz CT molecular complexity index is 445. The minimum atomic E-state index is -1.44. The van der Waals surface area contributed by atoms with E-state index in [4.69, 9.17) is 9.84 Å². The molecule has 6 N–H and O–H groups in total. The number of hydrogen-bond acceptors (Lipinski definition) is 9. The average molecular weight is 320 g/mol. The molecule has 1 saturated heterocycles. The zero-order valence-electron chi connectivity index (χ0n) is 11.7. The monoisotopic (exact) mass is 320 g/mol. The number of allylic oxidation sites excluding steroid dienone is 1. The molecule has 0 amide bonds. The summed E-state index contributed by atoms with van der Waals surface area (Å²) >= 11 is 1.22. The molecule has 0 saturated carbocycles. The minimum Gasteiger partial charge on any atom is -0.394 e. The number of ether oxygens (including phenoxy) is 1. The predicted molar refractivity (Wildman–Crippen MR) is 74.8 cm³/mol. The molecule has 2 aliphatic rings. The normalized spacial score (nSPS) is 43.3. The van der Waals surface area contributed by atoms with Gasteiger partial charge < -0.3 is 30.5 Å². The van der Waals surface area contributed by atoms with E-state index in [1.54, 1.807) is 13.1 Å². The Kier molecular flexibility index (Phi) is 4.93. The van der Waals surface area contributed by atoms with Gasteiger partial charge >= 0.3 is 0 Å². The van der Waals surface area contributed by atoms with Gasteiger partial charge in [0.15, 0.2) is 5.78 Å². The fraction of sp³-hybridized carbons (Fsp3) is 0.750. The van der Waals surface area contributed by atoms with Crippen molar-refractivity contribution < 1.29 is 30.0 Å². The van der Waals surface area contributed by atoms with Crippen molar-refractivity contribution in [1.29, 1.82) is 0 Å². The topological polar surface area (TPSA) is 131 Å². The van der Waals surface area contributed by atoms with Crippen LogP contribution in [0.1, 0.15) is 13.8 Å². The van der Waals surface area contributed by atoms with E-state index in [1.807, 2.05) is 0 Å². The molecule has 2 aliphatic heterocycles. The number of nitrogens with one attached hydrogen (secondary N) is 2. The lowest BCUT2D eigenvalue weighted by molar-refractivity contribution is -0.239. The Morgan fingerprint density at radius 2 is 2.10 bits per heavy atom. The first-order valence-electron chi connectivity index (χ1n) is 6.53. The SMILES string of the molecule is CC(=O)C1=CNC(C)(NC2OC(CO)C(O)C(O)C2O)S1. The second-order valence-corrected chi connectivity index (χ2v) is 6.70. The fourth-order valence-corrected chi connectivity index (χ4v) is 3.21. The summed E-state index contributed by atoms with van der Waals surface area (Å²) < 4.78 is 5.37. The first-order valence-corrected chi connectivity index (χ1v) is 7.35. The molecule has 0 aromatic heterocycles. The molecule has 0 radical (unpaired) electrons. The fourth-order valence-electron chi connectivity index (χ4n) is 2.22. The number of carbonyl (C=O) groups excluding carboxylic acids is 1. The first kappa shape index (κ1) is 16.7. The van der Waals surface area contributed by atoms with Crippen LogP contribution in [0.5, 0.6) is 0 Å². The van der Waals surface area contributed by atoms with Crippen LogP contribution in [0.25, 0.3) is 0 Å². The summed E-state index contributed by atoms with van der Waals surface area (Å²) in [6, 6.07) is 0. The minimum absolute atomic E-state index is 0.0909. The van der Waals surface area contributed by atoms with Crippen LogP contribution in [-0.4, -0.2) is 68.5 Å². The van der Waals surface area contributed by atoms with Crippen LogP contribution in [0.4, 0.5) is 0 Å². The quantitative estimate of drug-likeness (QED) is 0.342. The number of aliphatic hydroxyl groups is 4. The molecule has 120 valence electrons. The molecule has 0 aromatic rings. The third-order valence-corrected chi connectivity index (χ3v) is 4.72. The van der Waals surface area contributed by atoms with E-state index in [0.29, 0.717) is 4.91 Å². The maximum atomic E-state index is 11.3. The van der Waals surface area contributed by atoms with Gasteiger partial charge in [-0.2, -0.15) is 0 Å². The van der Waals surface area contributed by atoms with Crippen LogP contribution in [0.2, 0.25) is 0 Å². The molecular formula is C12H20N2O6S. The lowest BCUT2D eigenvalue weighted by Crippen LogP contribution is -2.66. The number of aliphatic hydroxyl groups excluding tert-OH is 4. The van der Waals surface area contributed by atoms with Gasteiger partial charge in [-0.1, -0.05) is 11.8 Å². The number of Topliss-reactive ketones (excluding diaryl/α,β-unsaturated/α-hetero) is 1. The molecule has 0 aromatic carbocycles. The molecule has 0 spiro atoms. The van der Waals surface area contributed by atoms with Crippen molar-refractivity contribution in [2.45, 2.75) is 49.5 Å². The van der Waals surface area contributed by atoms with E-state index in [9.17, 15) is 20.1 Å². The Labute approximate surface area is 126 Å². The number of ketones is 1. The summed E-state index contributed by atoms with van der Waals surface area (Å²) in [6.07, 6.45) is -4.64. The summed E-state index contributed by atoms with van der Waals surface area (Å²) in [5.41, 5.74) is 0. The van der Waals surface area contributed by atoms with E-state index < -0.39 is 42.2 Å². The smallest absolute Gasteiger partial charge is 0.167 e. The molecule has 9 heteroatoms. The number of rotatable bonds is 4. The van der Waals surface area contributed by atoms with Crippen molar-refractivity contribution in [2.24, 2.45) is 0 Å². The van der Waals surface area contributed by atoms with Crippen LogP contribution in [-0.2, 0) is 9.53 Å². The number of hydrogen-bond donors (Lipinski definition) is 6. The van der Waals surface area contributed by atoms with Crippen molar-refractivity contribution in [1.82, 2.24) is 10.6 Å². The van der Waals surface area contributed by atoms with E-state index >= 15 is 0 Å². The predicted octanol–water partition coefficient (Wildman–Crippen LogP) is -2.18. The zero-order chi connectivity index (χ0) is 15.8. The molecule has 0 bridgehead atoms. The van der Waals surface area contributed by atoms with E-state index in [0.717, 1.165) is 0 Å². The maximum absolute atomic E-state index is 11.3. The van der Waals surface area contributed by atoms with E-state index in [2.05, 4.69) is 10.6 Å². The maximum Gasteiger partial charge on any atom is 0.167 e. The first-order chi connectivity index (χ1) is 9.77. The van der Waals surface area contributed by atoms with E-state index in [-0.39, 0.29) is 5.78 Å². The molecule has 2 heterocycles. The number of carbonyl (C=O) groups is 1. The van der Waals surface area contributed by atoms with Gasteiger partial charge in [-0.05, 0) is 13.8 Å². The highest BCUT2D eigenvalue weighted by atomic mass is 32.2. The standard InChI is InChI=1S/C12H20N2O6S/c1-5(16)7-3-13-12(2,21-7)14-11-10(19)9(18)8(17)6(4-15)20-11/h3,6,8-11,13-15,17-19H,4H2,1-2H3. The molecule has 1 fully saturated rings. The lowest BCUT2D eigenvalue weighted by atomic mass is 9.98. The number of thioether (sulfide) groups is 1. The second-order valence-electron chi connectivity index (χ2n) is 5.24. The summed E-state index contributed by atoms with van der Waals surface area (Å²) in [7, 11) is 0. The molecule has 2 rings (SSSR count). The third kappa shape index (κ3) is 3.39. The van der Waals surface area contributed by atoms with Crippen LogP contribution in [0, 0.1) is 0 Å². The molecule has 6 atom stereocenters. The van der Waals surface area contributed by atoms with Crippen molar-refractivity contribution in [3.63, 3.8) is 0 Å². The summed E-state index contributed by atoms with van der Waals surface area (Å²) in [5.74, 6) is -0.0909. The van der Waals surface area contributed by atoms with Crippen LogP contribution >= 0.6 is 11.8 Å². The Morgan fingerprint density at radius 1 is 1.43 bits per heavy atom.